The predicted octanol–water partition coefficient (Wildman–Crippen LogP) is 6.02. The summed E-state index contributed by atoms with van der Waals surface area (Å²) < 4.78 is 1.23. The molecule has 1 N–H and O–H groups in total. The summed E-state index contributed by atoms with van der Waals surface area (Å²) in [6.45, 7) is 2.10. The van der Waals surface area contributed by atoms with E-state index in [0.717, 1.165) is 27.5 Å². The maximum atomic E-state index is 4.71. The normalized spacial score (nSPS) is 10.8. The minimum Gasteiger partial charge on any atom is -0.356 e. The number of thiazole rings is 1. The van der Waals surface area contributed by atoms with E-state index in [1.807, 2.05) is 6.07 Å². The molecule has 0 saturated carbocycles. The third-order valence-corrected chi connectivity index (χ3v) is 4.82. The van der Waals surface area contributed by atoms with E-state index in [1.165, 1.54) is 10.3 Å². The van der Waals surface area contributed by atoms with Crippen molar-refractivity contribution in [1.29, 1.82) is 0 Å². The number of aryl methyl sites for hydroxylation is 1. The highest BCUT2D eigenvalue weighted by molar-refractivity contribution is 7.21. The van der Waals surface area contributed by atoms with Crippen molar-refractivity contribution in [2.45, 2.75) is 6.92 Å². The fraction of sp³-hybridized carbons (Fsp3) is 0.0500. The lowest BCUT2D eigenvalue weighted by Gasteiger charge is -2.07. The van der Waals surface area contributed by atoms with Crippen LogP contribution in [0.4, 0.5) is 11.4 Å². The summed E-state index contributed by atoms with van der Waals surface area (Å²) in [4.78, 5) is 4.71. The first-order valence-electron chi connectivity index (χ1n) is 7.58. The lowest BCUT2D eigenvalue weighted by Crippen LogP contribution is -1.90. The number of anilines is 2. The van der Waals surface area contributed by atoms with Gasteiger partial charge in [0, 0.05) is 16.9 Å². The highest BCUT2D eigenvalue weighted by Crippen LogP contribution is 2.31. The fourth-order valence-electron chi connectivity index (χ4n) is 2.58. The quantitative estimate of drug-likeness (QED) is 0.500. The Bertz CT molecular complexity index is 922. The van der Waals surface area contributed by atoms with Gasteiger partial charge in [-0.05, 0) is 61.0 Å². The molecular weight excluding hydrogens is 300 g/mol. The van der Waals surface area contributed by atoms with E-state index in [2.05, 4.69) is 79.0 Å². The van der Waals surface area contributed by atoms with Crippen molar-refractivity contribution in [2.24, 2.45) is 0 Å². The van der Waals surface area contributed by atoms with Crippen molar-refractivity contribution in [3.05, 3.63) is 78.4 Å². The van der Waals surface area contributed by atoms with Crippen LogP contribution >= 0.6 is 11.3 Å². The second-order valence-corrected chi connectivity index (χ2v) is 6.59. The largest absolute Gasteiger partial charge is 0.356 e. The number of rotatable bonds is 3. The first kappa shape index (κ1) is 14.0. The number of fused-ring (bicyclic) bond motifs is 1. The molecule has 0 amide bonds. The van der Waals surface area contributed by atoms with Crippen LogP contribution in [0.25, 0.3) is 20.8 Å². The van der Waals surface area contributed by atoms with Gasteiger partial charge in [-0.3, -0.25) is 0 Å². The SMILES string of the molecule is Cc1cccc(Nc2ccc(-c3nc4ccccc4s3)cc2)c1. The summed E-state index contributed by atoms with van der Waals surface area (Å²) in [5.74, 6) is 0. The summed E-state index contributed by atoms with van der Waals surface area (Å²) in [6.07, 6.45) is 0. The van der Waals surface area contributed by atoms with Crippen molar-refractivity contribution in [2.75, 3.05) is 5.32 Å². The Labute approximate surface area is 139 Å². The van der Waals surface area contributed by atoms with Gasteiger partial charge in [0.05, 0.1) is 10.2 Å². The summed E-state index contributed by atoms with van der Waals surface area (Å²) in [6, 6.07) is 25.1. The molecule has 23 heavy (non-hydrogen) atoms. The standard InChI is InChI=1S/C20H16N2S/c1-14-5-4-6-17(13-14)21-16-11-9-15(10-12-16)20-22-18-7-2-3-8-19(18)23-20/h2-13,21H,1H3. The molecule has 0 atom stereocenters. The summed E-state index contributed by atoms with van der Waals surface area (Å²) in [5, 5.41) is 4.50. The number of para-hydroxylation sites is 1. The molecule has 0 radical (unpaired) electrons. The number of benzene rings is 3. The van der Waals surface area contributed by atoms with Gasteiger partial charge in [0.25, 0.3) is 0 Å². The lowest BCUT2D eigenvalue weighted by molar-refractivity contribution is 1.44. The van der Waals surface area contributed by atoms with Gasteiger partial charge >= 0.3 is 0 Å². The molecule has 3 heteroatoms. The minimum atomic E-state index is 1.06. The minimum absolute atomic E-state index is 1.06. The monoisotopic (exact) mass is 316 g/mol. The number of nitrogens with zero attached hydrogens (tertiary/aromatic N) is 1. The molecular formula is C20H16N2S. The highest BCUT2D eigenvalue weighted by atomic mass is 32.1. The zero-order valence-corrected chi connectivity index (χ0v) is 13.6. The van der Waals surface area contributed by atoms with Crippen LogP contribution in [0.5, 0.6) is 0 Å². The molecule has 4 rings (SSSR count). The Morgan fingerprint density at radius 2 is 1.65 bits per heavy atom. The van der Waals surface area contributed by atoms with Gasteiger partial charge in [0.15, 0.2) is 0 Å². The maximum Gasteiger partial charge on any atom is 0.124 e. The summed E-state index contributed by atoms with van der Waals surface area (Å²) >= 11 is 1.73. The molecule has 1 heterocycles. The average Bonchev–Trinajstić information content (AvgIpc) is 2.99. The molecule has 0 spiro atoms. The zero-order chi connectivity index (χ0) is 15.6. The van der Waals surface area contributed by atoms with Gasteiger partial charge in [0.2, 0.25) is 0 Å². The van der Waals surface area contributed by atoms with E-state index in [0.29, 0.717) is 0 Å². The van der Waals surface area contributed by atoms with E-state index in [9.17, 15) is 0 Å². The van der Waals surface area contributed by atoms with E-state index >= 15 is 0 Å². The van der Waals surface area contributed by atoms with Crippen LogP contribution in [-0.4, -0.2) is 4.98 Å². The molecule has 0 aliphatic rings. The van der Waals surface area contributed by atoms with Gasteiger partial charge in [-0.15, -0.1) is 11.3 Å². The third-order valence-electron chi connectivity index (χ3n) is 3.73. The molecule has 3 aromatic carbocycles. The van der Waals surface area contributed by atoms with Gasteiger partial charge in [-0.2, -0.15) is 0 Å². The Balaban J connectivity index is 1.60. The summed E-state index contributed by atoms with van der Waals surface area (Å²) in [5.41, 5.74) is 5.66. The van der Waals surface area contributed by atoms with Crippen LogP contribution in [-0.2, 0) is 0 Å². The molecule has 1 aromatic heterocycles. The van der Waals surface area contributed by atoms with Gasteiger partial charge in [-0.1, -0.05) is 24.3 Å². The molecule has 4 aromatic rings. The molecule has 0 aliphatic heterocycles. The van der Waals surface area contributed by atoms with E-state index in [-0.39, 0.29) is 0 Å². The predicted molar refractivity (Wildman–Crippen MR) is 99.5 cm³/mol. The van der Waals surface area contributed by atoms with Crippen LogP contribution < -0.4 is 5.32 Å². The second-order valence-electron chi connectivity index (χ2n) is 5.56. The second kappa shape index (κ2) is 5.86. The molecule has 2 nitrogen and oxygen atoms in total. The van der Waals surface area contributed by atoms with Crippen LogP contribution in [0, 0.1) is 6.92 Å². The fourth-order valence-corrected chi connectivity index (χ4v) is 3.55. The average molecular weight is 316 g/mol. The lowest BCUT2D eigenvalue weighted by atomic mass is 10.2. The highest BCUT2D eigenvalue weighted by Gasteiger charge is 2.05. The van der Waals surface area contributed by atoms with Crippen molar-refractivity contribution in [3.8, 4) is 10.6 Å². The van der Waals surface area contributed by atoms with Crippen LogP contribution in [0.1, 0.15) is 5.56 Å². The third kappa shape index (κ3) is 2.96. The molecule has 0 fully saturated rings. The summed E-state index contributed by atoms with van der Waals surface area (Å²) in [7, 11) is 0. The molecule has 0 aliphatic carbocycles. The van der Waals surface area contributed by atoms with Crippen LogP contribution in [0.15, 0.2) is 72.8 Å². The molecule has 0 unspecified atom stereocenters. The number of hydrogen-bond donors (Lipinski definition) is 1. The number of hydrogen-bond acceptors (Lipinski definition) is 3. The molecule has 0 saturated heterocycles. The van der Waals surface area contributed by atoms with Crippen LogP contribution in [0.2, 0.25) is 0 Å². The Kier molecular flexibility index (Phi) is 3.56. The first-order valence-corrected chi connectivity index (χ1v) is 8.39. The van der Waals surface area contributed by atoms with Gasteiger partial charge < -0.3 is 5.32 Å². The van der Waals surface area contributed by atoms with Crippen molar-refractivity contribution >= 4 is 32.9 Å². The van der Waals surface area contributed by atoms with Crippen LogP contribution in [0.3, 0.4) is 0 Å². The topological polar surface area (TPSA) is 24.9 Å². The van der Waals surface area contributed by atoms with E-state index in [4.69, 9.17) is 4.98 Å². The van der Waals surface area contributed by atoms with E-state index in [1.54, 1.807) is 11.3 Å². The Morgan fingerprint density at radius 1 is 0.826 bits per heavy atom. The van der Waals surface area contributed by atoms with E-state index < -0.39 is 0 Å². The smallest absolute Gasteiger partial charge is 0.124 e. The van der Waals surface area contributed by atoms with Gasteiger partial charge in [0.1, 0.15) is 5.01 Å². The molecule has 0 bridgehead atoms. The maximum absolute atomic E-state index is 4.71. The zero-order valence-electron chi connectivity index (χ0n) is 12.8. The van der Waals surface area contributed by atoms with Crippen molar-refractivity contribution < 1.29 is 0 Å². The first-order chi connectivity index (χ1) is 11.3. The molecule has 112 valence electrons. The van der Waals surface area contributed by atoms with Gasteiger partial charge in [-0.25, -0.2) is 4.98 Å². The Hall–Kier alpha value is -2.65. The number of aromatic nitrogens is 1. The number of nitrogens with one attached hydrogen (secondary N) is 1. The Morgan fingerprint density at radius 3 is 2.43 bits per heavy atom. The van der Waals surface area contributed by atoms with Crippen molar-refractivity contribution in [1.82, 2.24) is 4.98 Å². The van der Waals surface area contributed by atoms with Crippen molar-refractivity contribution in [3.63, 3.8) is 0 Å².